The number of halogens is 3. The first-order valence-corrected chi connectivity index (χ1v) is 7.03. The molecule has 2 rings (SSSR count). The van der Waals surface area contributed by atoms with Crippen LogP contribution in [0.3, 0.4) is 0 Å². The Morgan fingerprint density at radius 2 is 1.84 bits per heavy atom. The van der Waals surface area contributed by atoms with Crippen molar-refractivity contribution in [2.24, 2.45) is 0 Å². The van der Waals surface area contributed by atoms with E-state index in [1.165, 1.54) is 6.07 Å². The smallest absolute Gasteiger partial charge is 0.128 e. The van der Waals surface area contributed by atoms with Crippen LogP contribution < -0.4 is 5.32 Å². The van der Waals surface area contributed by atoms with Gasteiger partial charge < -0.3 is 5.32 Å². The van der Waals surface area contributed by atoms with Gasteiger partial charge in [0.2, 0.25) is 0 Å². The highest BCUT2D eigenvalue weighted by Crippen LogP contribution is 2.25. The summed E-state index contributed by atoms with van der Waals surface area (Å²) in [5, 5.41) is 3.21. The third kappa shape index (κ3) is 3.43. The van der Waals surface area contributed by atoms with Crippen molar-refractivity contribution in [3.63, 3.8) is 0 Å². The average Bonchev–Trinajstić information content (AvgIpc) is 2.35. The van der Waals surface area contributed by atoms with E-state index in [-0.39, 0.29) is 6.04 Å². The molecule has 0 amide bonds. The summed E-state index contributed by atoms with van der Waals surface area (Å²) in [5.74, 6) is -0.825. The van der Waals surface area contributed by atoms with Crippen LogP contribution in [0.4, 0.5) is 14.5 Å². The summed E-state index contributed by atoms with van der Waals surface area (Å²) in [6.07, 6.45) is 0. The molecule has 0 saturated carbocycles. The average molecular weight is 373 g/mol. The highest BCUT2D eigenvalue weighted by molar-refractivity contribution is 14.1. The van der Waals surface area contributed by atoms with Gasteiger partial charge in [-0.3, -0.25) is 0 Å². The second kappa shape index (κ2) is 5.86. The zero-order valence-corrected chi connectivity index (χ0v) is 12.8. The summed E-state index contributed by atoms with van der Waals surface area (Å²) in [4.78, 5) is 0. The molecule has 0 spiro atoms. The van der Waals surface area contributed by atoms with Crippen molar-refractivity contribution in [2.75, 3.05) is 5.32 Å². The minimum Gasteiger partial charge on any atom is -0.378 e. The molecule has 100 valence electrons. The maximum Gasteiger partial charge on any atom is 0.128 e. The molecule has 0 aliphatic heterocycles. The van der Waals surface area contributed by atoms with Gasteiger partial charge in [-0.2, -0.15) is 0 Å². The second-order valence-corrected chi connectivity index (χ2v) is 5.74. The van der Waals surface area contributed by atoms with Crippen LogP contribution in [-0.4, -0.2) is 0 Å². The molecular formula is C15H14F2IN. The standard InChI is InChI=1S/C15H14F2IN/c1-9-7-12(18)4-6-15(9)19-10(2)13-8-11(16)3-5-14(13)17/h3-8,10,19H,1-2H3. The van der Waals surface area contributed by atoms with Gasteiger partial charge in [-0.05, 0) is 78.4 Å². The third-order valence-corrected chi connectivity index (χ3v) is 3.66. The Morgan fingerprint density at radius 1 is 1.11 bits per heavy atom. The summed E-state index contributed by atoms with van der Waals surface area (Å²) in [5.41, 5.74) is 2.34. The Morgan fingerprint density at radius 3 is 2.53 bits per heavy atom. The molecule has 2 aromatic rings. The first-order chi connectivity index (χ1) is 8.97. The predicted molar refractivity (Wildman–Crippen MR) is 82.3 cm³/mol. The van der Waals surface area contributed by atoms with Gasteiger partial charge in [0.25, 0.3) is 0 Å². The molecule has 4 heteroatoms. The predicted octanol–water partition coefficient (Wildman–Crippen LogP) is 5.05. The van der Waals surface area contributed by atoms with Gasteiger partial charge in [-0.15, -0.1) is 0 Å². The lowest BCUT2D eigenvalue weighted by Crippen LogP contribution is -2.10. The fourth-order valence-corrected chi connectivity index (χ4v) is 2.59. The van der Waals surface area contributed by atoms with E-state index >= 15 is 0 Å². The molecule has 1 atom stereocenters. The lowest BCUT2D eigenvalue weighted by Gasteiger charge is -2.18. The maximum absolute atomic E-state index is 13.7. The molecule has 0 radical (unpaired) electrons. The number of hydrogen-bond donors (Lipinski definition) is 1. The molecule has 2 aromatic carbocycles. The summed E-state index contributed by atoms with van der Waals surface area (Å²) < 4.78 is 28.0. The van der Waals surface area contributed by atoms with E-state index in [1.54, 1.807) is 0 Å². The Bertz CT molecular complexity index is 599. The van der Waals surface area contributed by atoms with Crippen LogP contribution >= 0.6 is 22.6 Å². The topological polar surface area (TPSA) is 12.0 Å². The zero-order valence-electron chi connectivity index (χ0n) is 10.7. The third-order valence-electron chi connectivity index (χ3n) is 2.99. The van der Waals surface area contributed by atoms with Crippen molar-refractivity contribution in [1.82, 2.24) is 0 Å². The minimum absolute atomic E-state index is 0.297. The van der Waals surface area contributed by atoms with Crippen LogP contribution in [0.1, 0.15) is 24.1 Å². The molecular weight excluding hydrogens is 359 g/mol. The van der Waals surface area contributed by atoms with E-state index in [4.69, 9.17) is 0 Å². The van der Waals surface area contributed by atoms with Crippen molar-refractivity contribution in [3.05, 3.63) is 62.7 Å². The first-order valence-electron chi connectivity index (χ1n) is 5.95. The van der Waals surface area contributed by atoms with Gasteiger partial charge in [0.15, 0.2) is 0 Å². The van der Waals surface area contributed by atoms with E-state index in [9.17, 15) is 8.78 Å². The molecule has 1 N–H and O–H groups in total. The highest BCUT2D eigenvalue weighted by atomic mass is 127. The number of hydrogen-bond acceptors (Lipinski definition) is 1. The summed E-state index contributed by atoms with van der Waals surface area (Å²) >= 11 is 2.24. The molecule has 0 heterocycles. The number of benzene rings is 2. The van der Waals surface area contributed by atoms with Crippen LogP contribution in [0.2, 0.25) is 0 Å². The Kier molecular flexibility index (Phi) is 4.39. The number of nitrogens with one attached hydrogen (secondary N) is 1. The monoisotopic (exact) mass is 373 g/mol. The van der Waals surface area contributed by atoms with Crippen molar-refractivity contribution < 1.29 is 8.78 Å². The fourth-order valence-electron chi connectivity index (χ4n) is 1.95. The largest absolute Gasteiger partial charge is 0.378 e. The lowest BCUT2D eigenvalue weighted by atomic mass is 10.1. The van der Waals surface area contributed by atoms with E-state index in [0.717, 1.165) is 27.0 Å². The number of rotatable bonds is 3. The first kappa shape index (κ1) is 14.2. The van der Waals surface area contributed by atoms with Crippen LogP contribution in [0.15, 0.2) is 36.4 Å². The summed E-state index contributed by atoms with van der Waals surface area (Å²) in [6, 6.07) is 9.18. The van der Waals surface area contributed by atoms with Crippen molar-refractivity contribution in [3.8, 4) is 0 Å². The quantitative estimate of drug-likeness (QED) is 0.743. The fraction of sp³-hybridized carbons (Fsp3) is 0.200. The molecule has 0 aromatic heterocycles. The molecule has 19 heavy (non-hydrogen) atoms. The molecule has 0 aliphatic rings. The normalized spacial score (nSPS) is 12.3. The van der Waals surface area contributed by atoms with Crippen molar-refractivity contribution in [2.45, 2.75) is 19.9 Å². The molecule has 1 nitrogen and oxygen atoms in total. The van der Waals surface area contributed by atoms with Gasteiger partial charge in [0.1, 0.15) is 11.6 Å². The van der Waals surface area contributed by atoms with Gasteiger partial charge in [-0.25, -0.2) is 8.78 Å². The molecule has 0 saturated heterocycles. The molecule has 0 aliphatic carbocycles. The van der Waals surface area contributed by atoms with Crippen LogP contribution in [-0.2, 0) is 0 Å². The van der Waals surface area contributed by atoms with Crippen LogP contribution in [0, 0.1) is 22.1 Å². The molecule has 0 fully saturated rings. The van der Waals surface area contributed by atoms with Crippen molar-refractivity contribution >= 4 is 28.3 Å². The summed E-state index contributed by atoms with van der Waals surface area (Å²) in [6.45, 7) is 3.80. The zero-order chi connectivity index (χ0) is 14.0. The van der Waals surface area contributed by atoms with Gasteiger partial charge >= 0.3 is 0 Å². The number of aryl methyl sites for hydroxylation is 1. The van der Waals surface area contributed by atoms with Gasteiger partial charge in [-0.1, -0.05) is 0 Å². The van der Waals surface area contributed by atoms with E-state index in [1.807, 2.05) is 32.0 Å². The van der Waals surface area contributed by atoms with E-state index < -0.39 is 11.6 Å². The van der Waals surface area contributed by atoms with E-state index in [0.29, 0.717) is 5.56 Å². The maximum atomic E-state index is 13.7. The Balaban J connectivity index is 2.25. The molecule has 0 bridgehead atoms. The number of anilines is 1. The van der Waals surface area contributed by atoms with E-state index in [2.05, 4.69) is 27.9 Å². The Hall–Kier alpha value is -1.17. The van der Waals surface area contributed by atoms with Crippen LogP contribution in [0.5, 0.6) is 0 Å². The van der Waals surface area contributed by atoms with Crippen molar-refractivity contribution in [1.29, 1.82) is 0 Å². The second-order valence-electron chi connectivity index (χ2n) is 4.49. The Labute approximate surface area is 125 Å². The summed E-state index contributed by atoms with van der Waals surface area (Å²) in [7, 11) is 0. The SMILES string of the molecule is Cc1cc(I)ccc1NC(C)c1cc(F)ccc1F. The minimum atomic E-state index is -0.426. The molecule has 1 unspecified atom stereocenters. The lowest BCUT2D eigenvalue weighted by molar-refractivity contribution is 0.577. The highest BCUT2D eigenvalue weighted by Gasteiger charge is 2.12. The van der Waals surface area contributed by atoms with Gasteiger partial charge in [0, 0.05) is 14.8 Å². The van der Waals surface area contributed by atoms with Gasteiger partial charge in [0.05, 0.1) is 6.04 Å². The van der Waals surface area contributed by atoms with Crippen LogP contribution in [0.25, 0.3) is 0 Å².